The molecule has 0 saturated carbocycles. The SMILES string of the molecule is COc1ccc(CN2Cc3c(ccc(Br)c3OC)C2=O)cc1. The highest BCUT2D eigenvalue weighted by molar-refractivity contribution is 9.10. The summed E-state index contributed by atoms with van der Waals surface area (Å²) in [7, 11) is 3.26. The summed E-state index contributed by atoms with van der Waals surface area (Å²) < 4.78 is 11.4. The lowest BCUT2D eigenvalue weighted by Crippen LogP contribution is -2.23. The van der Waals surface area contributed by atoms with E-state index in [0.29, 0.717) is 18.7 Å². The molecule has 0 radical (unpaired) electrons. The van der Waals surface area contributed by atoms with E-state index in [1.165, 1.54) is 0 Å². The summed E-state index contributed by atoms with van der Waals surface area (Å²) in [6.07, 6.45) is 0. The lowest BCUT2D eigenvalue weighted by molar-refractivity contribution is 0.0766. The zero-order chi connectivity index (χ0) is 15.7. The second-order valence-corrected chi connectivity index (χ2v) is 5.97. The fraction of sp³-hybridized carbons (Fsp3) is 0.235. The van der Waals surface area contributed by atoms with Crippen LogP contribution in [0.1, 0.15) is 21.5 Å². The van der Waals surface area contributed by atoms with Crippen molar-refractivity contribution in [1.29, 1.82) is 0 Å². The minimum Gasteiger partial charge on any atom is -0.497 e. The minimum atomic E-state index is 0.0385. The summed E-state index contributed by atoms with van der Waals surface area (Å²) in [5, 5.41) is 0. The van der Waals surface area contributed by atoms with E-state index >= 15 is 0 Å². The van der Waals surface area contributed by atoms with Crippen LogP contribution in [0.5, 0.6) is 11.5 Å². The van der Waals surface area contributed by atoms with Crippen molar-refractivity contribution in [1.82, 2.24) is 4.90 Å². The van der Waals surface area contributed by atoms with E-state index in [1.54, 1.807) is 14.2 Å². The molecule has 0 aromatic heterocycles. The first-order valence-electron chi connectivity index (χ1n) is 6.91. The third kappa shape index (κ3) is 2.57. The van der Waals surface area contributed by atoms with Crippen molar-refractivity contribution in [2.45, 2.75) is 13.1 Å². The number of carbonyl (C=O) groups is 1. The summed E-state index contributed by atoms with van der Waals surface area (Å²) in [5.74, 6) is 1.59. The van der Waals surface area contributed by atoms with Crippen LogP contribution in [-0.2, 0) is 13.1 Å². The summed E-state index contributed by atoms with van der Waals surface area (Å²) in [4.78, 5) is 14.4. The highest BCUT2D eigenvalue weighted by Gasteiger charge is 2.30. The van der Waals surface area contributed by atoms with E-state index in [0.717, 1.165) is 27.1 Å². The van der Waals surface area contributed by atoms with Crippen LogP contribution >= 0.6 is 15.9 Å². The van der Waals surface area contributed by atoms with Gasteiger partial charge in [-0.1, -0.05) is 12.1 Å². The highest BCUT2D eigenvalue weighted by Crippen LogP contribution is 2.37. The quantitative estimate of drug-likeness (QED) is 0.834. The Kier molecular flexibility index (Phi) is 4.07. The summed E-state index contributed by atoms with van der Waals surface area (Å²) in [5.41, 5.74) is 2.73. The summed E-state index contributed by atoms with van der Waals surface area (Å²) in [6, 6.07) is 11.5. The first kappa shape index (κ1) is 14.9. The molecule has 0 N–H and O–H groups in total. The van der Waals surface area contributed by atoms with Crippen LogP contribution in [0.3, 0.4) is 0 Å². The van der Waals surface area contributed by atoms with E-state index in [-0.39, 0.29) is 5.91 Å². The fourth-order valence-corrected chi connectivity index (χ4v) is 3.22. The van der Waals surface area contributed by atoms with Gasteiger partial charge in [-0.25, -0.2) is 0 Å². The van der Waals surface area contributed by atoms with Crippen molar-refractivity contribution in [2.24, 2.45) is 0 Å². The van der Waals surface area contributed by atoms with Crippen LogP contribution in [0.25, 0.3) is 0 Å². The van der Waals surface area contributed by atoms with Crippen LogP contribution in [0.15, 0.2) is 40.9 Å². The number of nitrogens with zero attached hydrogens (tertiary/aromatic N) is 1. The van der Waals surface area contributed by atoms with Crippen molar-refractivity contribution in [3.63, 3.8) is 0 Å². The third-order valence-electron chi connectivity index (χ3n) is 3.82. The van der Waals surface area contributed by atoms with Gasteiger partial charge in [0.2, 0.25) is 0 Å². The molecule has 0 fully saturated rings. The second kappa shape index (κ2) is 6.01. The number of rotatable bonds is 4. The molecule has 0 saturated heterocycles. The number of fused-ring (bicyclic) bond motifs is 1. The van der Waals surface area contributed by atoms with Crippen LogP contribution in [0, 0.1) is 0 Å². The van der Waals surface area contributed by atoms with Crippen molar-refractivity contribution in [3.8, 4) is 11.5 Å². The predicted octanol–water partition coefficient (Wildman–Crippen LogP) is 3.62. The molecule has 5 heteroatoms. The lowest BCUT2D eigenvalue weighted by atomic mass is 10.1. The number of benzene rings is 2. The predicted molar refractivity (Wildman–Crippen MR) is 87.3 cm³/mol. The minimum absolute atomic E-state index is 0.0385. The van der Waals surface area contributed by atoms with Crippen molar-refractivity contribution in [2.75, 3.05) is 14.2 Å². The normalized spacial score (nSPS) is 13.2. The number of halogens is 1. The Morgan fingerprint density at radius 3 is 2.45 bits per heavy atom. The van der Waals surface area contributed by atoms with E-state index in [1.807, 2.05) is 41.3 Å². The molecule has 0 spiro atoms. The van der Waals surface area contributed by atoms with Gasteiger partial charge in [0, 0.05) is 17.7 Å². The van der Waals surface area contributed by atoms with Gasteiger partial charge >= 0.3 is 0 Å². The Balaban J connectivity index is 1.84. The maximum absolute atomic E-state index is 12.5. The monoisotopic (exact) mass is 361 g/mol. The standard InChI is InChI=1S/C17H16BrNO3/c1-21-12-5-3-11(4-6-12)9-19-10-14-13(17(19)20)7-8-15(18)16(14)22-2/h3-8H,9-10H2,1-2H3. The summed E-state index contributed by atoms with van der Waals surface area (Å²) in [6.45, 7) is 1.13. The van der Waals surface area contributed by atoms with Gasteiger partial charge in [0.15, 0.2) is 0 Å². The van der Waals surface area contributed by atoms with E-state index < -0.39 is 0 Å². The van der Waals surface area contributed by atoms with Gasteiger partial charge in [0.25, 0.3) is 5.91 Å². The molecular weight excluding hydrogens is 346 g/mol. The Hall–Kier alpha value is -2.01. The van der Waals surface area contributed by atoms with E-state index in [4.69, 9.17) is 9.47 Å². The van der Waals surface area contributed by atoms with E-state index in [9.17, 15) is 4.79 Å². The molecule has 4 nitrogen and oxygen atoms in total. The van der Waals surface area contributed by atoms with Crippen molar-refractivity contribution in [3.05, 3.63) is 57.6 Å². The first-order chi connectivity index (χ1) is 10.6. The largest absolute Gasteiger partial charge is 0.497 e. The molecule has 3 rings (SSSR count). The molecular formula is C17H16BrNO3. The number of carbonyl (C=O) groups excluding carboxylic acids is 1. The molecule has 0 bridgehead atoms. The van der Waals surface area contributed by atoms with Crippen LogP contribution in [-0.4, -0.2) is 25.0 Å². The molecule has 1 amide bonds. The number of methoxy groups -OCH3 is 2. The van der Waals surface area contributed by atoms with Crippen LogP contribution in [0.2, 0.25) is 0 Å². The third-order valence-corrected chi connectivity index (χ3v) is 4.44. The Morgan fingerprint density at radius 1 is 1.09 bits per heavy atom. The fourth-order valence-electron chi connectivity index (χ4n) is 2.69. The number of hydrogen-bond donors (Lipinski definition) is 0. The number of hydrogen-bond acceptors (Lipinski definition) is 3. The molecule has 0 atom stereocenters. The molecule has 2 aromatic rings. The van der Waals surface area contributed by atoms with Gasteiger partial charge in [-0.3, -0.25) is 4.79 Å². The molecule has 0 unspecified atom stereocenters. The number of amides is 1. The van der Waals surface area contributed by atoms with Crippen molar-refractivity contribution >= 4 is 21.8 Å². The lowest BCUT2D eigenvalue weighted by Gasteiger charge is -2.16. The molecule has 114 valence electrons. The second-order valence-electron chi connectivity index (χ2n) is 5.12. The van der Waals surface area contributed by atoms with Crippen molar-refractivity contribution < 1.29 is 14.3 Å². The molecule has 0 aliphatic carbocycles. The Bertz CT molecular complexity index is 713. The van der Waals surface area contributed by atoms with Gasteiger partial charge in [0.05, 0.1) is 25.2 Å². The van der Waals surface area contributed by atoms with Crippen LogP contribution in [0.4, 0.5) is 0 Å². The molecule has 1 heterocycles. The van der Waals surface area contributed by atoms with Gasteiger partial charge in [-0.15, -0.1) is 0 Å². The maximum atomic E-state index is 12.5. The molecule has 2 aromatic carbocycles. The average molecular weight is 362 g/mol. The zero-order valence-electron chi connectivity index (χ0n) is 12.4. The Labute approximate surface area is 137 Å². The maximum Gasteiger partial charge on any atom is 0.254 e. The summed E-state index contributed by atoms with van der Waals surface area (Å²) >= 11 is 3.46. The Morgan fingerprint density at radius 2 is 1.82 bits per heavy atom. The zero-order valence-corrected chi connectivity index (χ0v) is 14.0. The smallest absolute Gasteiger partial charge is 0.254 e. The topological polar surface area (TPSA) is 38.8 Å². The van der Waals surface area contributed by atoms with E-state index in [2.05, 4.69) is 15.9 Å². The highest BCUT2D eigenvalue weighted by atomic mass is 79.9. The molecule has 1 aliphatic rings. The van der Waals surface area contributed by atoms with Gasteiger partial charge in [-0.05, 0) is 45.8 Å². The van der Waals surface area contributed by atoms with Gasteiger partial charge in [0.1, 0.15) is 11.5 Å². The van der Waals surface area contributed by atoms with Crippen LogP contribution < -0.4 is 9.47 Å². The van der Waals surface area contributed by atoms with Gasteiger partial charge in [-0.2, -0.15) is 0 Å². The van der Waals surface area contributed by atoms with Gasteiger partial charge < -0.3 is 14.4 Å². The number of ether oxygens (including phenoxy) is 2. The molecule has 1 aliphatic heterocycles. The average Bonchev–Trinajstić information content (AvgIpc) is 2.84. The molecule has 22 heavy (non-hydrogen) atoms. The first-order valence-corrected chi connectivity index (χ1v) is 7.71.